The van der Waals surface area contributed by atoms with E-state index >= 15 is 0 Å². The van der Waals surface area contributed by atoms with Crippen LogP contribution in [-0.2, 0) is 9.98 Å². The fourth-order valence-electron chi connectivity index (χ4n) is 0.0298. The van der Waals surface area contributed by atoms with E-state index in [2.05, 4.69) is 9.98 Å². The smallest absolute Gasteiger partial charge is 0.197 e. The molecule has 1 rings (SSSR count). The molecule has 6 heavy (non-hydrogen) atoms. The molecule has 1 fully saturated rings. The largest absolute Gasteiger partial charge is 0.316 e. The van der Waals surface area contributed by atoms with Crippen LogP contribution in [0.25, 0.3) is 0 Å². The zero-order chi connectivity index (χ0) is 3.91. The summed E-state index contributed by atoms with van der Waals surface area (Å²) in [6, 6.07) is 0. The Morgan fingerprint density at radius 2 is 1.33 bits per heavy atom. The minimum Gasteiger partial charge on any atom is -0.197 e. The summed E-state index contributed by atoms with van der Waals surface area (Å²) < 4.78 is 0. The van der Waals surface area contributed by atoms with E-state index in [0.29, 0.717) is 0 Å². The van der Waals surface area contributed by atoms with Gasteiger partial charge >= 0.3 is 5.14 Å². The van der Waals surface area contributed by atoms with Gasteiger partial charge in [0, 0.05) is 0 Å². The standard InChI is InChI=1S/H2NO4.H2S/c2-1(3)4-5-1;/h2-3H;1H2/q+1;. The third kappa shape index (κ3) is 1.55. The minimum atomic E-state index is -1.75. The summed E-state index contributed by atoms with van der Waals surface area (Å²) in [5, 5.41) is 13.6. The first kappa shape index (κ1) is 6.15. The molecule has 0 aromatic carbocycles. The van der Waals surface area contributed by atoms with Gasteiger partial charge in [-0.1, -0.05) is 0 Å². The molecule has 0 aliphatic carbocycles. The average molecular weight is 114 g/mol. The van der Waals surface area contributed by atoms with Crippen molar-refractivity contribution in [2.75, 3.05) is 0 Å². The van der Waals surface area contributed by atoms with E-state index in [1.165, 1.54) is 0 Å². The van der Waals surface area contributed by atoms with Crippen molar-refractivity contribution in [1.82, 2.24) is 0 Å². The molecule has 1 aliphatic rings. The van der Waals surface area contributed by atoms with Crippen molar-refractivity contribution in [2.45, 2.75) is 0 Å². The summed E-state index contributed by atoms with van der Waals surface area (Å²) in [7, 11) is 0. The van der Waals surface area contributed by atoms with E-state index in [1.54, 1.807) is 0 Å². The Morgan fingerprint density at radius 3 is 1.33 bits per heavy atom. The Labute approximate surface area is 40.1 Å². The summed E-state index contributed by atoms with van der Waals surface area (Å²) in [6.45, 7) is 0. The van der Waals surface area contributed by atoms with Gasteiger partial charge in [-0.3, -0.25) is 0 Å². The summed E-state index contributed by atoms with van der Waals surface area (Å²) in [5.41, 5.74) is 0. The molecule has 6 heteroatoms. The summed E-state index contributed by atoms with van der Waals surface area (Å²) in [6.07, 6.45) is 0. The lowest BCUT2D eigenvalue weighted by Gasteiger charge is -1.67. The van der Waals surface area contributed by atoms with Crippen LogP contribution in [0.1, 0.15) is 0 Å². The zero-order valence-electron chi connectivity index (χ0n) is 2.66. The average Bonchev–Trinajstić information content (AvgIpc) is 1.76. The fraction of sp³-hybridized carbons (Fsp3) is 0. The lowest BCUT2D eigenvalue weighted by atomic mass is 12.9. The Kier molecular flexibility index (Phi) is 1.37. The molecule has 0 atom stereocenters. The topological polar surface area (TPSA) is 65.5 Å². The first-order valence-electron chi connectivity index (χ1n) is 0.932. The molecule has 0 saturated carbocycles. The van der Waals surface area contributed by atoms with Crippen LogP contribution in [0.3, 0.4) is 0 Å². The highest BCUT2D eigenvalue weighted by atomic mass is 32.1. The van der Waals surface area contributed by atoms with Gasteiger partial charge in [0.15, 0.2) is 0 Å². The second-order valence-corrected chi connectivity index (χ2v) is 0.640. The predicted molar refractivity (Wildman–Crippen MR) is 16.4 cm³/mol. The Bertz CT molecular complexity index is 45.5. The van der Waals surface area contributed by atoms with E-state index < -0.39 is 5.14 Å². The second-order valence-electron chi connectivity index (χ2n) is 0.640. The molecule has 0 radical (unpaired) electrons. The maximum Gasteiger partial charge on any atom is 0.316 e. The van der Waals surface area contributed by atoms with E-state index in [9.17, 15) is 0 Å². The normalized spacial score (nSPS) is 25.0. The molecule has 1 aliphatic heterocycles. The maximum absolute atomic E-state index is 7.68. The van der Waals surface area contributed by atoms with Crippen molar-refractivity contribution in [1.29, 1.82) is 0 Å². The summed E-state index contributed by atoms with van der Waals surface area (Å²) >= 11 is 0. The van der Waals surface area contributed by atoms with Crippen LogP contribution >= 0.6 is 13.5 Å². The molecule has 38 valence electrons. The van der Waals surface area contributed by atoms with E-state index in [1.807, 2.05) is 0 Å². The van der Waals surface area contributed by atoms with Gasteiger partial charge in [-0.25, -0.2) is 0 Å². The molecule has 0 aromatic heterocycles. The molecule has 0 spiro atoms. The number of rotatable bonds is 0. The monoisotopic (exact) mass is 114 g/mol. The molecule has 2 N–H and O–H groups in total. The first-order valence-corrected chi connectivity index (χ1v) is 0.932. The van der Waals surface area contributed by atoms with Crippen LogP contribution in [0.15, 0.2) is 0 Å². The van der Waals surface area contributed by atoms with Gasteiger partial charge in [-0.2, -0.15) is 13.5 Å². The Balaban J connectivity index is 0.000000250. The molecule has 0 unspecified atom stereocenters. The summed E-state index contributed by atoms with van der Waals surface area (Å²) in [5.74, 6) is 0. The van der Waals surface area contributed by atoms with Crippen molar-refractivity contribution < 1.29 is 25.5 Å². The third-order valence-corrected chi connectivity index (χ3v) is 0.208. The molecule has 0 aromatic rings. The Hall–Kier alpha value is 0.150. The highest BCUT2D eigenvalue weighted by Crippen LogP contribution is 2.14. The van der Waals surface area contributed by atoms with Crippen molar-refractivity contribution in [2.24, 2.45) is 0 Å². The van der Waals surface area contributed by atoms with Crippen LogP contribution in [-0.4, -0.2) is 15.6 Å². The van der Waals surface area contributed by atoms with Gasteiger partial charge in [0.1, 0.15) is 9.98 Å². The van der Waals surface area contributed by atoms with Crippen molar-refractivity contribution in [3.63, 3.8) is 0 Å². The van der Waals surface area contributed by atoms with E-state index in [0.717, 1.165) is 0 Å². The fourth-order valence-corrected chi connectivity index (χ4v) is 0.0298. The number of hydrogen-bond acceptors (Lipinski definition) is 4. The van der Waals surface area contributed by atoms with Gasteiger partial charge in [-0.15, -0.1) is 10.4 Å². The van der Waals surface area contributed by atoms with Crippen LogP contribution < -0.4 is 0 Å². The number of hydrogen-bond donors (Lipinski definition) is 2. The van der Waals surface area contributed by atoms with Crippen molar-refractivity contribution in [3.8, 4) is 0 Å². The molecule has 0 amide bonds. The maximum atomic E-state index is 7.68. The van der Waals surface area contributed by atoms with Gasteiger partial charge in [0.2, 0.25) is 0 Å². The highest BCUT2D eigenvalue weighted by Gasteiger charge is 2.53. The number of quaternary nitrogens is 1. The predicted octanol–water partition coefficient (Wildman–Crippen LogP) is -0.514. The van der Waals surface area contributed by atoms with Crippen LogP contribution in [0.5, 0.6) is 0 Å². The van der Waals surface area contributed by atoms with Gasteiger partial charge < -0.3 is 0 Å². The van der Waals surface area contributed by atoms with Gasteiger partial charge in [-0.05, 0) is 0 Å². The van der Waals surface area contributed by atoms with Crippen LogP contribution in [0.4, 0.5) is 0 Å². The molecular formula is H4NO4S+. The molecular weight excluding hydrogens is 110 g/mol. The molecule has 1 heterocycles. The van der Waals surface area contributed by atoms with Crippen LogP contribution in [0.2, 0.25) is 0 Å². The van der Waals surface area contributed by atoms with Gasteiger partial charge in [0.25, 0.3) is 0 Å². The van der Waals surface area contributed by atoms with Crippen molar-refractivity contribution in [3.05, 3.63) is 0 Å². The zero-order valence-corrected chi connectivity index (χ0v) is 3.66. The van der Waals surface area contributed by atoms with Crippen LogP contribution in [0, 0.1) is 0 Å². The third-order valence-electron chi connectivity index (χ3n) is 0.208. The number of nitrogens with zero attached hydrogens (tertiary/aromatic N) is 1. The molecule has 5 nitrogen and oxygen atoms in total. The second kappa shape index (κ2) is 1.34. The first-order chi connectivity index (χ1) is 2.21. The molecule has 1 saturated heterocycles. The Morgan fingerprint density at radius 1 is 1.17 bits per heavy atom. The van der Waals surface area contributed by atoms with Gasteiger partial charge in [0.05, 0.1) is 0 Å². The summed E-state index contributed by atoms with van der Waals surface area (Å²) in [4.78, 5) is 6.89. The lowest BCUT2D eigenvalue weighted by molar-refractivity contribution is -1.28. The quantitative estimate of drug-likeness (QED) is 0.253. The highest BCUT2D eigenvalue weighted by molar-refractivity contribution is 7.59. The lowest BCUT2D eigenvalue weighted by Crippen LogP contribution is -2.10. The van der Waals surface area contributed by atoms with E-state index in [4.69, 9.17) is 10.4 Å². The SMILES string of the molecule is O[N+]1(O)OO1.S. The van der Waals surface area contributed by atoms with Crippen molar-refractivity contribution >= 4 is 13.5 Å². The molecule has 0 bridgehead atoms. The minimum absolute atomic E-state index is 0. The van der Waals surface area contributed by atoms with E-state index in [-0.39, 0.29) is 13.5 Å².